The highest BCUT2D eigenvalue weighted by Gasteiger charge is 2.48. The van der Waals surface area contributed by atoms with Crippen molar-refractivity contribution in [3.8, 4) is 0 Å². The van der Waals surface area contributed by atoms with Crippen molar-refractivity contribution < 1.29 is 21.9 Å². The number of nitrogens with zero attached hydrogens (tertiary/aromatic N) is 2. The van der Waals surface area contributed by atoms with Gasteiger partial charge >= 0.3 is 0 Å². The number of hydrogen-bond donors (Lipinski definition) is 2. The highest BCUT2D eigenvalue weighted by molar-refractivity contribution is 8.01. The van der Waals surface area contributed by atoms with Gasteiger partial charge in [-0.2, -0.15) is 4.31 Å². The summed E-state index contributed by atoms with van der Waals surface area (Å²) in [6, 6.07) is 5.98. The molecule has 2 heterocycles. The van der Waals surface area contributed by atoms with Crippen molar-refractivity contribution in [2.45, 2.75) is 44.0 Å². The molecule has 4 rings (SSSR count). The Morgan fingerprint density at radius 3 is 2.52 bits per heavy atom. The molecule has 1 N–H and O–H groups in total. The molecule has 7 nitrogen and oxygen atoms in total. The molecule has 0 saturated heterocycles. The molecule has 0 radical (unpaired) electrons. The minimum atomic E-state index is -4.09. The van der Waals surface area contributed by atoms with Crippen LogP contribution in [0, 0.1) is 0 Å². The third-order valence-electron chi connectivity index (χ3n) is 5.77. The van der Waals surface area contributed by atoms with E-state index in [1.807, 2.05) is 0 Å². The third kappa shape index (κ3) is 3.56. The van der Waals surface area contributed by atoms with Crippen molar-refractivity contribution in [2.75, 3.05) is 0 Å². The Morgan fingerprint density at radius 1 is 1.23 bits per heavy atom. The summed E-state index contributed by atoms with van der Waals surface area (Å²) in [7, 11) is -6.95. The molecule has 0 bridgehead atoms. The lowest BCUT2D eigenvalue weighted by molar-refractivity contribution is 0.413. The van der Waals surface area contributed by atoms with Crippen molar-refractivity contribution in [3.05, 3.63) is 62.9 Å². The van der Waals surface area contributed by atoms with Crippen LogP contribution in [0.1, 0.15) is 49.1 Å². The molecule has 1 aromatic carbocycles. The van der Waals surface area contributed by atoms with Crippen molar-refractivity contribution in [2.24, 2.45) is 0 Å². The Bertz CT molecular complexity index is 1290. The molecular weight excluding hydrogens is 483 g/mol. The van der Waals surface area contributed by atoms with E-state index in [0.29, 0.717) is 5.56 Å². The van der Waals surface area contributed by atoms with Gasteiger partial charge in [-0.25, -0.2) is 16.8 Å². The normalized spacial score (nSPS) is 19.7. The van der Waals surface area contributed by atoms with Gasteiger partial charge in [0.05, 0.1) is 9.77 Å². The summed E-state index contributed by atoms with van der Waals surface area (Å²) in [5, 5.41) is 11.1. The number of halogens is 2. The molecular formula is C20H20Cl2N2O5S2. The molecule has 0 spiro atoms. The molecule has 1 aliphatic heterocycles. The minimum absolute atomic E-state index is 0.0182. The van der Waals surface area contributed by atoms with Gasteiger partial charge in [0.25, 0.3) is 0 Å². The van der Waals surface area contributed by atoms with E-state index < -0.39 is 31.2 Å². The van der Waals surface area contributed by atoms with Crippen LogP contribution >= 0.6 is 23.2 Å². The lowest BCUT2D eigenvalue weighted by Crippen LogP contribution is -2.35. The van der Waals surface area contributed by atoms with Crippen LogP contribution in [0.25, 0.3) is 10.7 Å². The first kappa shape index (κ1) is 22.5. The zero-order valence-corrected chi connectivity index (χ0v) is 19.9. The number of pyridine rings is 1. The zero-order chi connectivity index (χ0) is 22.7. The number of rotatable bonds is 5. The number of benzene rings is 1. The predicted molar refractivity (Wildman–Crippen MR) is 121 cm³/mol. The van der Waals surface area contributed by atoms with Crippen molar-refractivity contribution in [1.29, 1.82) is 0 Å². The first-order valence-electron chi connectivity index (χ1n) is 9.50. The smallest absolute Gasteiger partial charge is 0.204 e. The number of aliphatic hydroxyl groups is 1. The van der Waals surface area contributed by atoms with Crippen molar-refractivity contribution in [1.82, 2.24) is 9.29 Å². The average molecular weight is 503 g/mol. The molecule has 0 unspecified atom stereocenters. The van der Waals surface area contributed by atoms with Crippen LogP contribution in [0.2, 0.25) is 10.0 Å². The molecule has 31 heavy (non-hydrogen) atoms. The third-order valence-corrected chi connectivity index (χ3v) is 9.95. The first-order valence-corrected chi connectivity index (χ1v) is 12.9. The Morgan fingerprint density at radius 2 is 1.90 bits per heavy atom. The van der Waals surface area contributed by atoms with Gasteiger partial charge in [-0.05, 0) is 38.8 Å². The van der Waals surface area contributed by atoms with E-state index in [0.717, 1.165) is 12.8 Å². The molecule has 1 saturated carbocycles. The Labute approximate surface area is 192 Å². The van der Waals surface area contributed by atoms with Gasteiger partial charge in [-0.15, -0.1) is 0 Å². The highest BCUT2D eigenvalue weighted by atomic mass is 35.5. The minimum Gasteiger partial charge on any atom is -0.504 e. The fraction of sp³-hybridized carbons (Fsp3) is 0.350. The number of aliphatic hydroxyl groups excluding tert-OH is 1. The van der Waals surface area contributed by atoms with Crippen LogP contribution in [0.3, 0.4) is 0 Å². The molecule has 11 heteroatoms. The quantitative estimate of drug-likeness (QED) is 0.600. The first-order chi connectivity index (χ1) is 14.5. The standard InChI is InChI=1S/C20H20Cl2N2O5S2/c1-20(2)14-4-3-9-23-17(14)18(25)19(31(20,28)29)12-7-8-15(21)13(16(12)22)10-24(30(26)27)11-5-6-11/h3-4,7-9,11,25,30H,5-6,10H2,1-2H3. The predicted octanol–water partition coefficient (Wildman–Crippen LogP) is 3.93. The van der Waals surface area contributed by atoms with Gasteiger partial charge in [0.1, 0.15) is 10.6 Å². The van der Waals surface area contributed by atoms with Crippen LogP contribution in [-0.4, -0.2) is 37.3 Å². The molecule has 2 aromatic rings. The molecule has 166 valence electrons. The maximum absolute atomic E-state index is 13.6. The largest absolute Gasteiger partial charge is 0.504 e. The number of hydrogen-bond acceptors (Lipinski definition) is 6. The van der Waals surface area contributed by atoms with Gasteiger partial charge in [0, 0.05) is 40.5 Å². The molecule has 0 amide bonds. The topological polar surface area (TPSA) is 105 Å². The number of thiol groups is 1. The number of aromatic nitrogens is 1. The Hall–Kier alpha value is -1.65. The van der Waals surface area contributed by atoms with Gasteiger partial charge in [0.15, 0.2) is 15.6 Å². The summed E-state index contributed by atoms with van der Waals surface area (Å²) < 4.78 is 50.4. The SMILES string of the molecule is CC1(C)c2cccnc2C(O)=C(c2ccc(Cl)c(CN(C3CC3)[SH](=O)=O)c2Cl)S1(=O)=O. The van der Waals surface area contributed by atoms with E-state index in [4.69, 9.17) is 23.2 Å². The molecule has 0 atom stereocenters. The van der Waals surface area contributed by atoms with Crippen LogP contribution in [-0.2, 0) is 32.0 Å². The fourth-order valence-corrected chi connectivity index (χ4v) is 6.93. The maximum atomic E-state index is 13.6. The lowest BCUT2D eigenvalue weighted by Gasteiger charge is -2.33. The van der Waals surface area contributed by atoms with Gasteiger partial charge in [0.2, 0.25) is 10.9 Å². The van der Waals surface area contributed by atoms with Gasteiger partial charge in [-0.1, -0.05) is 35.3 Å². The summed E-state index contributed by atoms with van der Waals surface area (Å²) in [6.07, 6.45) is 2.96. The average Bonchev–Trinajstić information content (AvgIpc) is 3.53. The summed E-state index contributed by atoms with van der Waals surface area (Å²) in [4.78, 5) is 3.83. The molecule has 1 fully saturated rings. The van der Waals surface area contributed by atoms with E-state index in [1.165, 1.54) is 36.5 Å². The Balaban J connectivity index is 1.94. The van der Waals surface area contributed by atoms with E-state index >= 15 is 0 Å². The lowest BCUT2D eigenvalue weighted by atomic mass is 9.97. The van der Waals surface area contributed by atoms with Crippen LogP contribution in [0.4, 0.5) is 0 Å². The Kier molecular flexibility index (Phi) is 5.63. The van der Waals surface area contributed by atoms with Gasteiger partial charge < -0.3 is 5.11 Å². The highest BCUT2D eigenvalue weighted by Crippen LogP contribution is 2.49. The zero-order valence-electron chi connectivity index (χ0n) is 16.7. The second kappa shape index (κ2) is 7.74. The number of fused-ring (bicyclic) bond motifs is 1. The summed E-state index contributed by atoms with van der Waals surface area (Å²) in [5.41, 5.74) is 0.879. The van der Waals surface area contributed by atoms with Crippen LogP contribution in [0.5, 0.6) is 0 Å². The number of sulfone groups is 1. The van der Waals surface area contributed by atoms with Crippen molar-refractivity contribution in [3.63, 3.8) is 0 Å². The maximum Gasteiger partial charge on any atom is 0.204 e. The van der Waals surface area contributed by atoms with E-state index in [2.05, 4.69) is 4.98 Å². The summed E-state index contributed by atoms with van der Waals surface area (Å²) >= 11 is 12.9. The van der Waals surface area contributed by atoms with E-state index in [1.54, 1.807) is 12.1 Å². The molecule has 1 aromatic heterocycles. The second-order valence-corrected chi connectivity index (χ2v) is 12.3. The second-order valence-electron chi connectivity index (χ2n) is 8.05. The van der Waals surface area contributed by atoms with Crippen molar-refractivity contribution >= 4 is 54.6 Å². The van der Waals surface area contributed by atoms with E-state index in [9.17, 15) is 21.9 Å². The van der Waals surface area contributed by atoms with Crippen LogP contribution in [0.15, 0.2) is 30.5 Å². The van der Waals surface area contributed by atoms with Gasteiger partial charge in [-0.3, -0.25) is 4.98 Å². The summed E-state index contributed by atoms with van der Waals surface area (Å²) in [5.74, 6) is -0.501. The van der Waals surface area contributed by atoms with E-state index in [-0.39, 0.29) is 44.4 Å². The molecule has 1 aliphatic carbocycles. The van der Waals surface area contributed by atoms with Crippen LogP contribution < -0.4 is 0 Å². The molecule has 2 aliphatic rings. The fourth-order valence-electron chi connectivity index (χ4n) is 3.76. The summed E-state index contributed by atoms with van der Waals surface area (Å²) in [6.45, 7) is 3.00. The monoisotopic (exact) mass is 502 g/mol.